The van der Waals surface area contributed by atoms with Gasteiger partial charge in [0.25, 0.3) is 0 Å². The summed E-state index contributed by atoms with van der Waals surface area (Å²) < 4.78 is 0. The van der Waals surface area contributed by atoms with Gasteiger partial charge in [0, 0.05) is 5.57 Å². The first-order chi connectivity index (χ1) is 7.34. The third kappa shape index (κ3) is 5.43. The topological polar surface area (TPSA) is 94.8 Å². The Bertz CT molecular complexity index is 379. The fourth-order valence-electron chi connectivity index (χ4n) is 0.604. The number of rotatable bonds is 2. The Labute approximate surface area is 92.3 Å². The molecule has 1 aromatic carbocycles. The summed E-state index contributed by atoms with van der Waals surface area (Å²) in [4.78, 5) is 19.8. The Balaban J connectivity index is 0.000000325. The van der Waals surface area contributed by atoms with Crippen LogP contribution in [0.4, 0.5) is 0 Å². The van der Waals surface area contributed by atoms with E-state index < -0.39 is 11.9 Å². The molecule has 0 fully saturated rings. The first-order valence-electron chi connectivity index (χ1n) is 4.25. The molecule has 0 saturated heterocycles. The molecule has 0 unspecified atom stereocenters. The van der Waals surface area contributed by atoms with E-state index in [4.69, 9.17) is 15.3 Å². The number of carboxylic acid groups (broad SMARTS) is 2. The number of aliphatic carboxylic acids is 1. The molecule has 0 aromatic heterocycles. The predicted octanol–water partition coefficient (Wildman–Crippen LogP) is 1.74. The number of aromatic carboxylic acids is 1. The van der Waals surface area contributed by atoms with Crippen molar-refractivity contribution < 1.29 is 24.9 Å². The summed E-state index contributed by atoms with van der Waals surface area (Å²) in [7, 11) is 0. The molecule has 0 spiro atoms. The van der Waals surface area contributed by atoms with Crippen LogP contribution in [-0.2, 0) is 4.79 Å². The monoisotopic (exact) mass is 224 g/mol. The molecular weight excluding hydrogens is 212 g/mol. The minimum atomic E-state index is -0.986. The molecule has 0 saturated carbocycles. The van der Waals surface area contributed by atoms with Crippen LogP contribution in [0.25, 0.3) is 0 Å². The van der Waals surface area contributed by atoms with Crippen LogP contribution in [0.5, 0.6) is 5.75 Å². The third-order valence-electron chi connectivity index (χ3n) is 1.48. The van der Waals surface area contributed by atoms with E-state index in [9.17, 15) is 9.59 Å². The normalized spacial score (nSPS) is 8.56. The maximum absolute atomic E-state index is 10.2. The number of aromatic hydroxyl groups is 1. The predicted molar refractivity (Wildman–Crippen MR) is 57.5 cm³/mol. The molecule has 86 valence electrons. The van der Waals surface area contributed by atoms with Gasteiger partial charge in [-0.3, -0.25) is 0 Å². The first-order valence-corrected chi connectivity index (χ1v) is 4.25. The molecule has 0 amide bonds. The largest absolute Gasteiger partial charge is 0.508 e. The van der Waals surface area contributed by atoms with Crippen molar-refractivity contribution in [2.45, 2.75) is 6.92 Å². The van der Waals surface area contributed by atoms with Gasteiger partial charge in [0.15, 0.2) is 0 Å². The number of benzene rings is 1. The zero-order chi connectivity index (χ0) is 12.7. The maximum atomic E-state index is 10.2. The van der Waals surface area contributed by atoms with E-state index in [0.29, 0.717) is 0 Å². The van der Waals surface area contributed by atoms with Gasteiger partial charge >= 0.3 is 11.9 Å². The Kier molecular flexibility index (Phi) is 5.34. The Morgan fingerprint density at radius 3 is 1.75 bits per heavy atom. The van der Waals surface area contributed by atoms with Gasteiger partial charge in [-0.15, -0.1) is 0 Å². The standard InChI is InChI=1S/C7H6O3.C4H6O2/c8-6-3-1-5(2-4-6)7(9)10;1-3(2)4(5)6/h1-4,8H,(H,9,10);1H2,2H3,(H,5,6). The molecular formula is C11H12O5. The summed E-state index contributed by atoms with van der Waals surface area (Å²) >= 11 is 0. The van der Waals surface area contributed by atoms with Crippen molar-refractivity contribution in [2.75, 3.05) is 0 Å². The van der Waals surface area contributed by atoms with Gasteiger partial charge in [0.05, 0.1) is 5.56 Å². The first kappa shape index (κ1) is 13.7. The van der Waals surface area contributed by atoms with E-state index in [1.54, 1.807) is 0 Å². The molecule has 5 nitrogen and oxygen atoms in total. The van der Waals surface area contributed by atoms with Crippen LogP contribution in [0.2, 0.25) is 0 Å². The molecule has 16 heavy (non-hydrogen) atoms. The molecule has 0 aliphatic carbocycles. The van der Waals surface area contributed by atoms with Crippen molar-refractivity contribution >= 4 is 11.9 Å². The van der Waals surface area contributed by atoms with Crippen molar-refractivity contribution in [2.24, 2.45) is 0 Å². The van der Waals surface area contributed by atoms with Crippen molar-refractivity contribution in [3.05, 3.63) is 42.0 Å². The number of hydrogen-bond donors (Lipinski definition) is 3. The van der Waals surface area contributed by atoms with Crippen molar-refractivity contribution in [1.29, 1.82) is 0 Å². The number of carbonyl (C=O) groups is 2. The highest BCUT2D eigenvalue weighted by molar-refractivity contribution is 5.87. The molecule has 0 aliphatic heterocycles. The van der Waals surface area contributed by atoms with E-state index in [1.807, 2.05) is 0 Å². The second-order valence-electron chi connectivity index (χ2n) is 2.94. The van der Waals surface area contributed by atoms with E-state index in [1.165, 1.54) is 31.2 Å². The van der Waals surface area contributed by atoms with Gasteiger partial charge in [-0.2, -0.15) is 0 Å². The second-order valence-corrected chi connectivity index (χ2v) is 2.94. The molecule has 0 heterocycles. The Morgan fingerprint density at radius 1 is 1.12 bits per heavy atom. The fraction of sp³-hybridized carbons (Fsp3) is 0.0909. The molecule has 0 bridgehead atoms. The van der Waals surface area contributed by atoms with Crippen LogP contribution in [0.1, 0.15) is 17.3 Å². The van der Waals surface area contributed by atoms with Crippen molar-refractivity contribution in [3.8, 4) is 5.75 Å². The molecule has 5 heteroatoms. The summed E-state index contributed by atoms with van der Waals surface area (Å²) in [5.74, 6) is -1.85. The van der Waals surface area contributed by atoms with E-state index in [-0.39, 0.29) is 16.9 Å². The molecule has 3 N–H and O–H groups in total. The van der Waals surface area contributed by atoms with Gasteiger partial charge in [-0.1, -0.05) is 6.58 Å². The summed E-state index contributed by atoms with van der Waals surface area (Å²) in [6, 6.07) is 5.36. The summed E-state index contributed by atoms with van der Waals surface area (Å²) in [5, 5.41) is 25.0. The van der Waals surface area contributed by atoms with Gasteiger partial charge in [-0.05, 0) is 31.2 Å². The van der Waals surface area contributed by atoms with Gasteiger partial charge < -0.3 is 15.3 Å². The molecule has 0 radical (unpaired) electrons. The van der Waals surface area contributed by atoms with Crippen LogP contribution in [0, 0.1) is 0 Å². The summed E-state index contributed by atoms with van der Waals surface area (Å²) in [6.07, 6.45) is 0. The highest BCUT2D eigenvalue weighted by Crippen LogP contribution is 2.08. The smallest absolute Gasteiger partial charge is 0.335 e. The zero-order valence-electron chi connectivity index (χ0n) is 8.67. The lowest BCUT2D eigenvalue weighted by Gasteiger charge is -1.92. The molecule has 0 atom stereocenters. The minimum Gasteiger partial charge on any atom is -0.508 e. The van der Waals surface area contributed by atoms with Crippen LogP contribution < -0.4 is 0 Å². The number of hydrogen-bond acceptors (Lipinski definition) is 3. The summed E-state index contributed by atoms with van der Waals surface area (Å²) in [6.45, 7) is 4.60. The highest BCUT2D eigenvalue weighted by atomic mass is 16.4. The van der Waals surface area contributed by atoms with E-state index >= 15 is 0 Å². The average Bonchev–Trinajstić information content (AvgIpc) is 2.19. The average molecular weight is 224 g/mol. The van der Waals surface area contributed by atoms with Crippen molar-refractivity contribution in [3.63, 3.8) is 0 Å². The fourth-order valence-corrected chi connectivity index (χ4v) is 0.604. The Morgan fingerprint density at radius 2 is 1.50 bits per heavy atom. The summed E-state index contributed by atoms with van der Waals surface area (Å²) in [5.41, 5.74) is 0.354. The lowest BCUT2D eigenvalue weighted by molar-refractivity contribution is -0.132. The molecule has 1 aromatic rings. The van der Waals surface area contributed by atoms with Crippen LogP contribution in [-0.4, -0.2) is 27.3 Å². The molecule has 0 aliphatic rings. The van der Waals surface area contributed by atoms with Crippen molar-refractivity contribution in [1.82, 2.24) is 0 Å². The van der Waals surface area contributed by atoms with E-state index in [2.05, 4.69) is 6.58 Å². The lowest BCUT2D eigenvalue weighted by atomic mass is 10.2. The number of carboxylic acids is 2. The van der Waals surface area contributed by atoms with Crippen LogP contribution in [0.3, 0.4) is 0 Å². The third-order valence-corrected chi connectivity index (χ3v) is 1.48. The van der Waals surface area contributed by atoms with Crippen LogP contribution in [0.15, 0.2) is 36.4 Å². The zero-order valence-corrected chi connectivity index (χ0v) is 8.67. The van der Waals surface area contributed by atoms with Gasteiger partial charge in [-0.25, -0.2) is 9.59 Å². The number of phenols is 1. The highest BCUT2D eigenvalue weighted by Gasteiger charge is 1.99. The van der Waals surface area contributed by atoms with Gasteiger partial charge in [0.1, 0.15) is 5.75 Å². The Hall–Kier alpha value is -2.30. The lowest BCUT2D eigenvalue weighted by Crippen LogP contribution is -1.93. The van der Waals surface area contributed by atoms with Crippen LogP contribution >= 0.6 is 0 Å². The SMILES string of the molecule is C=C(C)C(=O)O.O=C(O)c1ccc(O)cc1. The number of phenolic OH excluding ortho intramolecular Hbond substituents is 1. The molecule has 1 rings (SSSR count). The maximum Gasteiger partial charge on any atom is 0.335 e. The second kappa shape index (κ2) is 6.23. The quantitative estimate of drug-likeness (QED) is 0.665. The van der Waals surface area contributed by atoms with Gasteiger partial charge in [0.2, 0.25) is 0 Å². The minimum absolute atomic E-state index is 0.0741. The van der Waals surface area contributed by atoms with E-state index in [0.717, 1.165) is 0 Å².